The van der Waals surface area contributed by atoms with Crippen LogP contribution in [0.1, 0.15) is 34.6 Å². The number of rotatable bonds is 4. The first-order valence-electron chi connectivity index (χ1n) is 6.68. The van der Waals surface area contributed by atoms with E-state index in [1.54, 1.807) is 11.3 Å². The van der Waals surface area contributed by atoms with E-state index in [1.165, 1.54) is 11.1 Å². The highest BCUT2D eigenvalue weighted by atomic mass is 35.5. The lowest BCUT2D eigenvalue weighted by Crippen LogP contribution is -2.30. The molecule has 0 saturated carbocycles. The second-order valence-corrected chi connectivity index (χ2v) is 6.65. The quantitative estimate of drug-likeness (QED) is 0.670. The van der Waals surface area contributed by atoms with Gasteiger partial charge in [-0.05, 0) is 36.1 Å². The molecule has 0 fully saturated rings. The first-order valence-corrected chi connectivity index (χ1v) is 7.88. The van der Waals surface area contributed by atoms with Gasteiger partial charge in [-0.1, -0.05) is 35.9 Å². The molecule has 1 aliphatic heterocycles. The van der Waals surface area contributed by atoms with Crippen LogP contribution in [0.25, 0.3) is 0 Å². The third-order valence-corrected chi connectivity index (χ3v) is 5.03. The summed E-state index contributed by atoms with van der Waals surface area (Å²) in [5.41, 5.74) is 5.54. The number of benzene rings is 1. The average Bonchev–Trinajstić information content (AvgIpc) is 2.91. The maximum atomic E-state index is 6.00. The van der Waals surface area contributed by atoms with Gasteiger partial charge in [0.25, 0.3) is 0 Å². The highest BCUT2D eigenvalue weighted by Crippen LogP contribution is 2.36. The Bertz CT molecular complexity index is 587. The number of fused-ring (bicyclic) bond motifs is 1. The van der Waals surface area contributed by atoms with Crippen LogP contribution in [0, 0.1) is 0 Å². The molecule has 1 aliphatic rings. The molecule has 0 radical (unpaired) electrons. The summed E-state index contributed by atoms with van der Waals surface area (Å²) in [6.45, 7) is 0.768. The highest BCUT2D eigenvalue weighted by molar-refractivity contribution is 7.16. The van der Waals surface area contributed by atoms with Crippen molar-refractivity contribution < 1.29 is 4.74 Å². The molecule has 0 saturated heterocycles. The van der Waals surface area contributed by atoms with Crippen LogP contribution in [0.3, 0.4) is 0 Å². The number of hydrogen-bond acceptors (Lipinski definition) is 4. The zero-order chi connectivity index (χ0) is 13.9. The van der Waals surface area contributed by atoms with Gasteiger partial charge in [0.05, 0.1) is 23.1 Å². The standard InChI is InChI=1S/C15H17ClN2OS/c16-15-6-5-14(20-15)12(18-17)9-13-11-4-2-1-3-10(11)7-8-19-13/h1-6,12-13,18H,7-9,17H2. The van der Waals surface area contributed by atoms with E-state index in [0.717, 1.165) is 28.7 Å². The van der Waals surface area contributed by atoms with Crippen LogP contribution in [0.5, 0.6) is 0 Å². The van der Waals surface area contributed by atoms with Gasteiger partial charge in [0.15, 0.2) is 0 Å². The number of nitrogens with two attached hydrogens (primary N) is 1. The first-order chi connectivity index (χ1) is 9.78. The zero-order valence-corrected chi connectivity index (χ0v) is 12.6. The molecule has 1 aromatic carbocycles. The molecule has 2 unspecified atom stereocenters. The summed E-state index contributed by atoms with van der Waals surface area (Å²) >= 11 is 7.56. The number of hydrazine groups is 1. The second kappa shape index (κ2) is 6.24. The van der Waals surface area contributed by atoms with Gasteiger partial charge in [-0.3, -0.25) is 11.3 Å². The zero-order valence-electron chi connectivity index (χ0n) is 11.0. The van der Waals surface area contributed by atoms with Crippen LogP contribution in [-0.4, -0.2) is 6.61 Å². The Labute approximate surface area is 127 Å². The molecule has 0 amide bonds. The molecule has 3 nitrogen and oxygen atoms in total. The van der Waals surface area contributed by atoms with Gasteiger partial charge in [0, 0.05) is 4.88 Å². The Hall–Kier alpha value is -0.910. The predicted octanol–water partition coefficient (Wildman–Crippen LogP) is 3.61. The van der Waals surface area contributed by atoms with Crippen LogP contribution in [0.2, 0.25) is 4.34 Å². The van der Waals surface area contributed by atoms with Crippen LogP contribution in [0.15, 0.2) is 36.4 Å². The Balaban J connectivity index is 1.80. The van der Waals surface area contributed by atoms with Crippen molar-refractivity contribution in [2.75, 3.05) is 6.61 Å². The number of ether oxygens (including phenoxy) is 1. The fraction of sp³-hybridized carbons (Fsp3) is 0.333. The molecule has 2 atom stereocenters. The summed E-state index contributed by atoms with van der Waals surface area (Å²) in [6.07, 6.45) is 1.88. The molecule has 2 aromatic rings. The van der Waals surface area contributed by atoms with Crippen LogP contribution >= 0.6 is 22.9 Å². The van der Waals surface area contributed by atoms with Gasteiger partial charge in [-0.15, -0.1) is 11.3 Å². The van der Waals surface area contributed by atoms with Gasteiger partial charge in [0.1, 0.15) is 0 Å². The van der Waals surface area contributed by atoms with Crippen LogP contribution in [-0.2, 0) is 11.2 Å². The Kier molecular flexibility index (Phi) is 4.38. The fourth-order valence-corrected chi connectivity index (χ4v) is 3.80. The maximum absolute atomic E-state index is 6.00. The summed E-state index contributed by atoms with van der Waals surface area (Å²) in [4.78, 5) is 1.14. The van der Waals surface area contributed by atoms with E-state index in [-0.39, 0.29) is 12.1 Å². The van der Waals surface area contributed by atoms with Crippen molar-refractivity contribution in [2.45, 2.75) is 25.0 Å². The Morgan fingerprint density at radius 3 is 2.95 bits per heavy atom. The minimum absolute atomic E-state index is 0.0589. The largest absolute Gasteiger partial charge is 0.373 e. The minimum Gasteiger partial charge on any atom is -0.373 e. The first kappa shape index (κ1) is 14.0. The lowest BCUT2D eigenvalue weighted by atomic mass is 9.93. The summed E-state index contributed by atoms with van der Waals surface area (Å²) in [5.74, 6) is 5.71. The third-order valence-electron chi connectivity index (χ3n) is 3.68. The maximum Gasteiger partial charge on any atom is 0.0931 e. The average molecular weight is 309 g/mol. The van der Waals surface area contributed by atoms with E-state index in [4.69, 9.17) is 22.2 Å². The van der Waals surface area contributed by atoms with Crippen LogP contribution in [0.4, 0.5) is 0 Å². The van der Waals surface area contributed by atoms with Gasteiger partial charge >= 0.3 is 0 Å². The molecule has 5 heteroatoms. The molecule has 20 heavy (non-hydrogen) atoms. The number of hydrogen-bond donors (Lipinski definition) is 2. The lowest BCUT2D eigenvalue weighted by molar-refractivity contribution is 0.0295. The summed E-state index contributed by atoms with van der Waals surface area (Å²) < 4.78 is 6.72. The Morgan fingerprint density at radius 2 is 2.20 bits per heavy atom. The normalized spacial score (nSPS) is 19.6. The lowest BCUT2D eigenvalue weighted by Gasteiger charge is -2.28. The molecule has 3 N–H and O–H groups in total. The van der Waals surface area contributed by atoms with Crippen molar-refractivity contribution in [1.82, 2.24) is 5.43 Å². The van der Waals surface area contributed by atoms with E-state index in [0.29, 0.717) is 0 Å². The van der Waals surface area contributed by atoms with E-state index in [9.17, 15) is 0 Å². The number of thiophene rings is 1. The molecule has 0 spiro atoms. The number of halogens is 1. The van der Waals surface area contributed by atoms with Crippen molar-refractivity contribution in [1.29, 1.82) is 0 Å². The van der Waals surface area contributed by atoms with Crippen LogP contribution < -0.4 is 11.3 Å². The SMILES string of the molecule is NNC(CC1OCCc2ccccc21)c1ccc(Cl)s1. The van der Waals surface area contributed by atoms with Crippen molar-refractivity contribution >= 4 is 22.9 Å². The molecule has 0 aliphatic carbocycles. The molecule has 106 valence electrons. The second-order valence-electron chi connectivity index (χ2n) is 4.91. The van der Waals surface area contributed by atoms with Crippen molar-refractivity contribution in [3.8, 4) is 0 Å². The predicted molar refractivity (Wildman–Crippen MR) is 82.8 cm³/mol. The summed E-state index contributed by atoms with van der Waals surface area (Å²) in [6, 6.07) is 12.5. The molecular weight excluding hydrogens is 292 g/mol. The topological polar surface area (TPSA) is 47.3 Å². The van der Waals surface area contributed by atoms with Gasteiger partial charge in [-0.25, -0.2) is 0 Å². The highest BCUT2D eigenvalue weighted by Gasteiger charge is 2.25. The van der Waals surface area contributed by atoms with E-state index < -0.39 is 0 Å². The van der Waals surface area contributed by atoms with Gasteiger partial charge in [-0.2, -0.15) is 0 Å². The molecule has 1 aromatic heterocycles. The van der Waals surface area contributed by atoms with E-state index in [1.807, 2.05) is 12.1 Å². The minimum atomic E-state index is 0.0589. The summed E-state index contributed by atoms with van der Waals surface area (Å²) in [7, 11) is 0. The van der Waals surface area contributed by atoms with Crippen molar-refractivity contribution in [2.24, 2.45) is 5.84 Å². The number of nitrogens with one attached hydrogen (secondary N) is 1. The summed E-state index contributed by atoms with van der Waals surface area (Å²) in [5, 5.41) is 0. The van der Waals surface area contributed by atoms with Gasteiger partial charge in [0.2, 0.25) is 0 Å². The van der Waals surface area contributed by atoms with Crippen molar-refractivity contribution in [3.63, 3.8) is 0 Å². The van der Waals surface area contributed by atoms with E-state index >= 15 is 0 Å². The fourth-order valence-electron chi connectivity index (χ4n) is 2.67. The van der Waals surface area contributed by atoms with Gasteiger partial charge < -0.3 is 4.74 Å². The molecule has 3 rings (SSSR count). The van der Waals surface area contributed by atoms with E-state index in [2.05, 4.69) is 29.7 Å². The van der Waals surface area contributed by atoms with Crippen molar-refractivity contribution in [3.05, 3.63) is 56.7 Å². The molecule has 0 bridgehead atoms. The third kappa shape index (κ3) is 2.90. The molecular formula is C15H17ClN2OS. The monoisotopic (exact) mass is 308 g/mol. The smallest absolute Gasteiger partial charge is 0.0931 e. The molecule has 2 heterocycles. The Morgan fingerprint density at radius 1 is 1.35 bits per heavy atom.